The van der Waals surface area contributed by atoms with Crippen molar-refractivity contribution in [1.29, 1.82) is 0 Å². The minimum Gasteiger partial charge on any atom is -0.497 e. The van der Waals surface area contributed by atoms with Crippen LogP contribution >= 0.6 is 0 Å². The zero-order valence-corrected chi connectivity index (χ0v) is 76.7. The average molecular weight is 1910 g/mol. The number of ether oxygens (including phenoxy) is 4. The first-order valence-corrected chi connectivity index (χ1v) is 44.8. The number of rotatable bonds is 20. The molecule has 7 aromatic carbocycles. The Bertz CT molecular complexity index is 7180. The quantitative estimate of drug-likeness (QED) is 0.0306. The Labute approximate surface area is 800 Å². The molecule has 0 spiro atoms. The van der Waals surface area contributed by atoms with E-state index in [4.69, 9.17) is 27.8 Å². The van der Waals surface area contributed by atoms with Crippen LogP contribution in [0.2, 0.25) is 0 Å². The number of imide groups is 4. The standard InChI is InChI=1S/C31H27N3O6.C30H26N4O6.C22H18FN3O5.C21H16FN3O5/c1-30(25(35)14-26(36)33-30)21-8-3-18(4-9-21)19-5-10-22(11-6-19)31(15-27(37)32-29(31)39)17-34-16-20-7-12-23(40-2)13-24(20)28(34)38;1-29(24(35)12-25(36)33-29)23-10-6-18(14-31-23)17-3-7-20(8-4-17)30(13-26(37)32-28(30)39)16-34-15-19-5-9-21(40-2)11-22(19)27(34)38;1-11-13-7-16(31-14(13)5-6-24-11)22(8-17(27)25-21(22)29)10-26-9-12-3-4-15(30-2)19(23)18(12)20(26)28;1-29-14-5-4-11-9-25(19(27)17(11)18(14)22)10-21(8-16(26)24-20(21)28)15-7-12-13(30-15)3-2-6-23-12/h3-13H,14-17H2,1-2H3,(H,33,36)(H,32,37,39);3-11,14H,12-13,15-16H2,1-2H3,(H,33,36)(H,32,37,39);3-7H,8-10H2,1-2H3,(H,25,27,29);2-7H,8-10H2,1H3,(H,24,26,28)/t30?,31-;29?,30-;22-;21-/m1111/s1. The lowest BCUT2D eigenvalue weighted by Crippen LogP contribution is -2.46. The monoisotopic (exact) mass is 1910 g/mol. The zero-order chi connectivity index (χ0) is 99.4. The summed E-state index contributed by atoms with van der Waals surface area (Å²) in [5.74, 6) is -6.09. The van der Waals surface area contributed by atoms with Crippen LogP contribution in [0, 0.1) is 18.6 Å². The fourth-order valence-corrected chi connectivity index (χ4v) is 20.3. The molecular formula is C104H87F2N13O22. The van der Waals surface area contributed by atoms with Gasteiger partial charge in [-0.2, -0.15) is 0 Å². The van der Waals surface area contributed by atoms with Gasteiger partial charge in [-0.05, 0) is 143 Å². The van der Waals surface area contributed by atoms with Gasteiger partial charge in [-0.15, -0.1) is 0 Å². The molecule has 12 aromatic rings. The average Bonchev–Trinajstić information content (AvgIpc) is 1.58. The largest absolute Gasteiger partial charge is 0.497 e. The number of aromatic nitrogens is 3. The molecule has 714 valence electrons. The van der Waals surface area contributed by atoms with Crippen LogP contribution < -0.4 is 50.8 Å². The van der Waals surface area contributed by atoms with Crippen LogP contribution in [0.4, 0.5) is 8.78 Å². The highest BCUT2D eigenvalue weighted by molar-refractivity contribution is 6.15. The number of Topliss-reactive ketones (excluding diaryl/α,β-unsaturated/α-hetero) is 2. The topological polar surface area (TPSA) is 460 Å². The zero-order valence-electron chi connectivity index (χ0n) is 76.7. The van der Waals surface area contributed by atoms with Crippen LogP contribution in [-0.4, -0.2) is 183 Å². The van der Waals surface area contributed by atoms with Crippen LogP contribution in [0.3, 0.4) is 0 Å². The maximum Gasteiger partial charge on any atom is 0.257 e. The van der Waals surface area contributed by atoms with Gasteiger partial charge >= 0.3 is 0 Å². The lowest BCUT2D eigenvalue weighted by molar-refractivity contribution is -0.128. The molecule has 0 aliphatic carbocycles. The van der Waals surface area contributed by atoms with Gasteiger partial charge in [-0.25, -0.2) is 8.78 Å². The van der Waals surface area contributed by atoms with E-state index in [9.17, 15) is 85.5 Å². The van der Waals surface area contributed by atoms with Crippen LogP contribution in [0.5, 0.6) is 23.0 Å². The predicted octanol–water partition coefficient (Wildman–Crippen LogP) is 8.75. The van der Waals surface area contributed by atoms with E-state index in [1.165, 1.54) is 50.4 Å². The molecule has 5 aromatic heterocycles. The molecule has 6 N–H and O–H groups in total. The summed E-state index contributed by atoms with van der Waals surface area (Å²) < 4.78 is 61.7. The molecule has 35 nitrogen and oxygen atoms in total. The number of halogens is 2. The van der Waals surface area contributed by atoms with Crippen LogP contribution in [0.1, 0.15) is 156 Å². The summed E-state index contributed by atoms with van der Waals surface area (Å²) in [7, 11) is 5.72. The van der Waals surface area contributed by atoms with Crippen LogP contribution in [-0.2, 0) is 116 Å². The third-order valence-corrected chi connectivity index (χ3v) is 28.1. The Morgan fingerprint density at radius 1 is 0.376 bits per heavy atom. The molecule has 22 rings (SSSR count). The van der Waals surface area contributed by atoms with Gasteiger partial charge in [-0.3, -0.25) is 113 Å². The number of pyridine rings is 3. The van der Waals surface area contributed by atoms with Crippen molar-refractivity contribution in [2.75, 3.05) is 54.6 Å². The van der Waals surface area contributed by atoms with Crippen molar-refractivity contribution >= 4 is 116 Å². The number of furan rings is 2. The molecule has 0 saturated carbocycles. The van der Waals surface area contributed by atoms with E-state index >= 15 is 0 Å². The second-order valence-electron chi connectivity index (χ2n) is 36.6. The summed E-state index contributed by atoms with van der Waals surface area (Å²) in [5.41, 5.74) is 4.12. The second kappa shape index (κ2) is 35.4. The lowest BCUT2D eigenvalue weighted by atomic mass is 9.77. The van der Waals surface area contributed by atoms with Crippen molar-refractivity contribution in [2.45, 2.75) is 118 Å². The van der Waals surface area contributed by atoms with Gasteiger partial charge in [0.05, 0.1) is 70.9 Å². The molecule has 2 unspecified atom stereocenters. The van der Waals surface area contributed by atoms with Crippen molar-refractivity contribution in [3.8, 4) is 45.3 Å². The molecule has 0 bridgehead atoms. The summed E-state index contributed by atoms with van der Waals surface area (Å²) in [6.07, 6.45) is 4.04. The highest BCUT2D eigenvalue weighted by Crippen LogP contribution is 2.47. The highest BCUT2D eigenvalue weighted by atomic mass is 19.1. The van der Waals surface area contributed by atoms with Gasteiger partial charge in [0.15, 0.2) is 40.3 Å². The number of benzene rings is 7. The Hall–Kier alpha value is -17.2. The van der Waals surface area contributed by atoms with Crippen molar-refractivity contribution in [3.05, 3.63) is 290 Å². The Balaban J connectivity index is 0.000000120. The van der Waals surface area contributed by atoms with E-state index in [1.54, 1.807) is 127 Å². The first-order chi connectivity index (χ1) is 67.5. The van der Waals surface area contributed by atoms with Crippen LogP contribution in [0.15, 0.2) is 203 Å². The minimum atomic E-state index is -1.42. The molecule has 6 saturated heterocycles. The number of hydrogen-bond donors (Lipinski definition) is 6. The molecule has 6 atom stereocenters. The number of carbonyl (C=O) groups is 16. The maximum absolute atomic E-state index is 14.7. The molecule has 15 heterocycles. The van der Waals surface area contributed by atoms with Gasteiger partial charge in [0.1, 0.15) is 66.9 Å². The SMILES string of the molecule is COc1ccc2c(c1)C(=O)N(C[C@@]1(c3ccc(-c4ccc(C5(C)NC(=O)CC5=O)cc4)cc3)CC(=O)NC1=O)C2.COc1ccc2c(c1)C(=O)N(C[C@@]1(c3ccc(-c4ccc(C5(C)NC(=O)CC5=O)nc4)cc3)CC(=O)NC1=O)C2.COc1ccc2c(c1F)C(=O)N(C[C@@]1(c3cc4c(C)nccc4o3)CC(=O)NC1=O)C2.COc1ccc2c(c1F)C(=O)N(C[C@@]1(c3cc4ncccc4o3)CC(=O)NC1=O)C2. The lowest BCUT2D eigenvalue weighted by Gasteiger charge is -2.31. The summed E-state index contributed by atoms with van der Waals surface area (Å²) in [5, 5.41) is 15.7. The Kier molecular flexibility index (Phi) is 23.4. The van der Waals surface area contributed by atoms with E-state index in [2.05, 4.69) is 46.9 Å². The van der Waals surface area contributed by atoms with E-state index < -0.39 is 91.6 Å². The summed E-state index contributed by atoms with van der Waals surface area (Å²) in [6.45, 7) is 5.89. The van der Waals surface area contributed by atoms with E-state index in [0.717, 1.165) is 38.8 Å². The molecule has 37 heteroatoms. The first kappa shape index (κ1) is 92.9. The second-order valence-corrected chi connectivity index (χ2v) is 36.6. The molecule has 14 amide bonds. The van der Waals surface area contributed by atoms with Gasteiger partial charge < -0.3 is 58.0 Å². The normalized spacial score (nSPS) is 22.4. The van der Waals surface area contributed by atoms with Gasteiger partial charge in [-0.1, -0.05) is 103 Å². The van der Waals surface area contributed by atoms with E-state index in [-0.39, 0.29) is 159 Å². The molecule has 141 heavy (non-hydrogen) atoms. The van der Waals surface area contributed by atoms with Crippen molar-refractivity contribution in [2.24, 2.45) is 0 Å². The Morgan fingerprint density at radius 3 is 1.18 bits per heavy atom. The van der Waals surface area contributed by atoms with E-state index in [0.29, 0.717) is 91.6 Å². The number of hydrogen-bond acceptors (Lipinski definition) is 25. The maximum atomic E-state index is 14.7. The van der Waals surface area contributed by atoms with Crippen molar-refractivity contribution in [3.63, 3.8) is 0 Å². The third kappa shape index (κ3) is 16.1. The third-order valence-electron chi connectivity index (χ3n) is 28.1. The molecular weight excluding hydrogens is 1820 g/mol. The van der Waals surface area contributed by atoms with Gasteiger partial charge in [0.25, 0.3) is 23.6 Å². The number of ketones is 2. The number of carbonyl (C=O) groups excluding carboxylic acids is 16. The fraction of sp³-hybridized carbons (Fsp3) is 0.260. The van der Waals surface area contributed by atoms with Gasteiger partial charge in [0.2, 0.25) is 59.1 Å². The summed E-state index contributed by atoms with van der Waals surface area (Å²) in [4.78, 5) is 221. The number of fused-ring (bicyclic) bond motifs is 6. The predicted molar refractivity (Wildman–Crippen MR) is 493 cm³/mol. The van der Waals surface area contributed by atoms with Crippen molar-refractivity contribution < 1.29 is 113 Å². The van der Waals surface area contributed by atoms with Gasteiger partial charge in [0, 0.05) is 118 Å². The number of methoxy groups -OCH3 is 4. The molecule has 10 aliphatic heterocycles. The minimum absolute atomic E-state index is 0.0299. The van der Waals surface area contributed by atoms with E-state index in [1.807, 2.05) is 85.8 Å². The highest BCUT2D eigenvalue weighted by Gasteiger charge is 2.58. The number of nitrogens with zero attached hydrogens (tertiary/aromatic N) is 7. The molecule has 6 fully saturated rings. The summed E-state index contributed by atoms with van der Waals surface area (Å²) in [6, 6.07) is 50.7. The molecule has 0 radical (unpaired) electrons. The fourth-order valence-electron chi connectivity index (χ4n) is 20.3. The van der Waals surface area contributed by atoms with Crippen LogP contribution in [0.25, 0.3) is 44.3 Å². The Morgan fingerprint density at radius 2 is 0.773 bits per heavy atom. The molecule has 10 aliphatic rings. The number of aryl methyl sites for hydroxylation is 1. The van der Waals surface area contributed by atoms with Crippen molar-refractivity contribution in [1.82, 2.24) is 66.5 Å². The smallest absolute Gasteiger partial charge is 0.257 e. The number of amides is 14. The first-order valence-electron chi connectivity index (χ1n) is 44.8. The summed E-state index contributed by atoms with van der Waals surface area (Å²) >= 11 is 0. The number of nitrogens with one attached hydrogen (secondary N) is 6.